The Morgan fingerprint density at radius 1 is 1.19 bits per heavy atom. The number of fused-ring (bicyclic) bond motifs is 1. The van der Waals surface area contributed by atoms with Gasteiger partial charge in [0.1, 0.15) is 18.3 Å². The van der Waals surface area contributed by atoms with Crippen LogP contribution in [0.5, 0.6) is 0 Å². The lowest BCUT2D eigenvalue weighted by Crippen LogP contribution is -2.33. The van der Waals surface area contributed by atoms with Gasteiger partial charge in [-0.15, -0.1) is 5.10 Å². The molecule has 1 fully saturated rings. The number of aliphatic hydroxyl groups is 3. The lowest BCUT2D eigenvalue weighted by Gasteiger charge is -2.15. The lowest BCUT2D eigenvalue weighted by molar-refractivity contribution is -0.0575. The third-order valence-electron chi connectivity index (χ3n) is 4.32. The second-order valence-corrected chi connectivity index (χ2v) is 7.48. The molecular weight excluding hydrogens is 372 g/mol. The number of nitrogens with one attached hydrogen (secondary N) is 1. The monoisotopic (exact) mass is 398 g/mol. The second-order valence-electron chi connectivity index (χ2n) is 6.42. The predicted octanol–water partition coefficient (Wildman–Crippen LogP) is 0.547. The highest BCUT2D eigenvalue weighted by molar-refractivity contribution is 7.99. The molecule has 3 heterocycles. The first kappa shape index (κ1) is 20.2. The summed E-state index contributed by atoms with van der Waals surface area (Å²) in [7, 11) is 0. The summed E-state index contributed by atoms with van der Waals surface area (Å²) in [5.74, 6) is 1.46. The van der Waals surface area contributed by atoms with Gasteiger partial charge in [-0.25, -0.2) is 9.97 Å². The van der Waals surface area contributed by atoms with Crippen LogP contribution in [0.1, 0.15) is 39.3 Å². The van der Waals surface area contributed by atoms with Crippen molar-refractivity contribution in [3.8, 4) is 0 Å². The van der Waals surface area contributed by atoms with Crippen molar-refractivity contribution >= 4 is 28.7 Å². The van der Waals surface area contributed by atoms with Crippen LogP contribution < -0.4 is 5.32 Å². The molecule has 3 rings (SSSR count). The van der Waals surface area contributed by atoms with Crippen LogP contribution in [0.2, 0.25) is 0 Å². The van der Waals surface area contributed by atoms with E-state index in [0.29, 0.717) is 22.1 Å². The van der Waals surface area contributed by atoms with E-state index in [-0.39, 0.29) is 0 Å². The molecule has 1 saturated heterocycles. The third-order valence-corrected chi connectivity index (χ3v) is 5.37. The van der Waals surface area contributed by atoms with Crippen LogP contribution in [-0.4, -0.2) is 77.5 Å². The number of hydrogen-bond acceptors (Lipinski definition) is 10. The largest absolute Gasteiger partial charge is 0.394 e. The van der Waals surface area contributed by atoms with E-state index in [9.17, 15) is 15.3 Å². The van der Waals surface area contributed by atoms with Gasteiger partial charge in [-0.1, -0.05) is 37.2 Å². The van der Waals surface area contributed by atoms with Crippen molar-refractivity contribution in [2.75, 3.05) is 24.2 Å². The van der Waals surface area contributed by atoms with E-state index in [1.807, 2.05) is 0 Å². The summed E-state index contributed by atoms with van der Waals surface area (Å²) in [6.45, 7) is 4.54. The van der Waals surface area contributed by atoms with Crippen LogP contribution in [0.15, 0.2) is 5.16 Å². The van der Waals surface area contributed by atoms with Gasteiger partial charge >= 0.3 is 0 Å². The van der Waals surface area contributed by atoms with Gasteiger partial charge < -0.3 is 25.4 Å². The Bertz CT molecular complexity index is 760. The number of anilines is 1. The minimum Gasteiger partial charge on any atom is -0.394 e. The summed E-state index contributed by atoms with van der Waals surface area (Å²) >= 11 is 1.53. The van der Waals surface area contributed by atoms with Gasteiger partial charge in [0.25, 0.3) is 0 Å². The van der Waals surface area contributed by atoms with Crippen LogP contribution in [0, 0.1) is 0 Å². The molecule has 4 atom stereocenters. The summed E-state index contributed by atoms with van der Waals surface area (Å²) in [6, 6.07) is 0. The lowest BCUT2D eigenvalue weighted by atomic mass is 10.1. The average Bonchev–Trinajstić information content (AvgIpc) is 3.21. The Labute approximate surface area is 161 Å². The Balaban J connectivity index is 1.98. The van der Waals surface area contributed by atoms with E-state index in [1.165, 1.54) is 16.4 Å². The molecule has 0 amide bonds. The fourth-order valence-corrected chi connectivity index (χ4v) is 3.52. The molecule has 0 aliphatic carbocycles. The predicted molar refractivity (Wildman–Crippen MR) is 101 cm³/mol. The summed E-state index contributed by atoms with van der Waals surface area (Å²) in [5.41, 5.74) is 0.891. The maximum Gasteiger partial charge on any atom is 0.191 e. The highest BCUT2D eigenvalue weighted by Crippen LogP contribution is 2.32. The Morgan fingerprint density at radius 3 is 2.67 bits per heavy atom. The number of unbranched alkanes of at least 4 members (excludes halogenated alkanes) is 1. The minimum absolute atomic E-state index is 0.405. The first-order valence-electron chi connectivity index (χ1n) is 9.22. The highest BCUT2D eigenvalue weighted by Gasteiger charge is 2.44. The molecular formula is C16H26N6O4S. The van der Waals surface area contributed by atoms with Crippen molar-refractivity contribution in [1.29, 1.82) is 0 Å². The Morgan fingerprint density at radius 2 is 2.00 bits per heavy atom. The van der Waals surface area contributed by atoms with E-state index in [4.69, 9.17) is 4.74 Å². The van der Waals surface area contributed by atoms with Gasteiger partial charge in [0.2, 0.25) is 0 Å². The van der Waals surface area contributed by atoms with Gasteiger partial charge in [-0.05, 0) is 12.8 Å². The maximum atomic E-state index is 10.3. The molecule has 0 radical (unpaired) electrons. The molecule has 11 heteroatoms. The van der Waals surface area contributed by atoms with E-state index in [2.05, 4.69) is 39.4 Å². The van der Waals surface area contributed by atoms with Crippen molar-refractivity contribution in [2.45, 2.75) is 62.8 Å². The van der Waals surface area contributed by atoms with Crippen molar-refractivity contribution in [3.63, 3.8) is 0 Å². The summed E-state index contributed by atoms with van der Waals surface area (Å²) < 4.78 is 6.92. The molecule has 27 heavy (non-hydrogen) atoms. The van der Waals surface area contributed by atoms with Crippen LogP contribution in [0.3, 0.4) is 0 Å². The van der Waals surface area contributed by atoms with Gasteiger partial charge in [0, 0.05) is 12.3 Å². The zero-order valence-electron chi connectivity index (χ0n) is 15.4. The first-order chi connectivity index (χ1) is 13.1. The van der Waals surface area contributed by atoms with E-state index < -0.39 is 31.1 Å². The van der Waals surface area contributed by atoms with Crippen molar-refractivity contribution in [3.05, 3.63) is 0 Å². The molecule has 0 saturated carbocycles. The quantitative estimate of drug-likeness (QED) is 0.269. The molecule has 4 N–H and O–H groups in total. The normalized spacial score (nSPS) is 25.4. The van der Waals surface area contributed by atoms with Crippen LogP contribution >= 0.6 is 11.8 Å². The molecule has 150 valence electrons. The SMILES string of the molecule is CCCCNc1nc(SCCC)nc2c1nnn2[C@@H]1O[C@H](CO)[C@@H](O)[C@H]1O. The summed E-state index contributed by atoms with van der Waals surface area (Å²) in [4.78, 5) is 9.08. The molecule has 2 aromatic rings. The number of ether oxygens (including phenoxy) is 1. The number of aromatic nitrogens is 5. The van der Waals surface area contributed by atoms with E-state index in [0.717, 1.165) is 31.6 Å². The van der Waals surface area contributed by atoms with E-state index in [1.54, 1.807) is 0 Å². The first-order valence-corrected chi connectivity index (χ1v) is 10.2. The molecule has 0 bridgehead atoms. The van der Waals surface area contributed by atoms with Gasteiger partial charge in [-0.3, -0.25) is 0 Å². The number of aliphatic hydroxyl groups excluding tert-OH is 3. The molecule has 0 unspecified atom stereocenters. The van der Waals surface area contributed by atoms with Crippen LogP contribution in [0.25, 0.3) is 11.2 Å². The average molecular weight is 398 g/mol. The third kappa shape index (κ3) is 4.16. The smallest absolute Gasteiger partial charge is 0.191 e. The molecule has 1 aliphatic rings. The van der Waals surface area contributed by atoms with Gasteiger partial charge in [-0.2, -0.15) is 4.68 Å². The molecule has 1 aliphatic heterocycles. The molecule has 10 nitrogen and oxygen atoms in total. The van der Waals surface area contributed by atoms with Crippen LogP contribution in [-0.2, 0) is 4.74 Å². The van der Waals surface area contributed by atoms with Crippen LogP contribution in [0.4, 0.5) is 5.82 Å². The standard InChI is InChI=1S/C16H26N6O4S/c1-3-5-6-17-13-10-14(19-16(18-13)27-7-4-2)22(21-20-10)15-12(25)11(24)9(8-23)26-15/h9,11-12,15,23-25H,3-8H2,1-2H3,(H,17,18,19)/t9-,11-,12-,15-/m1/s1. The number of rotatable bonds is 9. The van der Waals surface area contributed by atoms with Crippen molar-refractivity contribution in [2.24, 2.45) is 0 Å². The van der Waals surface area contributed by atoms with E-state index >= 15 is 0 Å². The highest BCUT2D eigenvalue weighted by atomic mass is 32.2. The van der Waals surface area contributed by atoms with Crippen molar-refractivity contribution < 1.29 is 20.1 Å². The zero-order valence-corrected chi connectivity index (χ0v) is 16.3. The van der Waals surface area contributed by atoms with Gasteiger partial charge in [0.05, 0.1) is 6.61 Å². The number of thioether (sulfide) groups is 1. The molecule has 0 aromatic carbocycles. The molecule has 0 spiro atoms. The maximum absolute atomic E-state index is 10.3. The fourth-order valence-electron chi connectivity index (χ4n) is 2.83. The summed E-state index contributed by atoms with van der Waals surface area (Å²) in [5, 5.41) is 41.7. The second kappa shape index (κ2) is 9.11. The van der Waals surface area contributed by atoms with Crippen molar-refractivity contribution in [1.82, 2.24) is 25.0 Å². The zero-order chi connectivity index (χ0) is 19.4. The minimum atomic E-state index is -1.25. The Hall–Kier alpha value is -1.53. The molecule has 2 aromatic heterocycles. The number of nitrogens with zero attached hydrogens (tertiary/aromatic N) is 5. The summed E-state index contributed by atoms with van der Waals surface area (Å²) in [6.07, 6.45) is -1.30. The Kier molecular flexibility index (Phi) is 6.82. The topological polar surface area (TPSA) is 138 Å². The fraction of sp³-hybridized carbons (Fsp3) is 0.750. The van der Waals surface area contributed by atoms with Gasteiger partial charge in [0.15, 0.2) is 28.4 Å². The number of hydrogen-bond donors (Lipinski definition) is 4.